The zero-order valence-electron chi connectivity index (χ0n) is 18.5. The first-order valence-corrected chi connectivity index (χ1v) is 11.2. The van der Waals surface area contributed by atoms with Crippen molar-refractivity contribution < 1.29 is 9.53 Å². The molecule has 4 aromatic rings. The van der Waals surface area contributed by atoms with Gasteiger partial charge >= 0.3 is 0 Å². The molecule has 1 N–H and O–H groups in total. The number of aryl methyl sites for hydroxylation is 1. The highest BCUT2D eigenvalue weighted by Crippen LogP contribution is 2.28. The lowest BCUT2D eigenvalue weighted by Gasteiger charge is -2.19. The van der Waals surface area contributed by atoms with Crippen molar-refractivity contribution in [2.24, 2.45) is 0 Å². The van der Waals surface area contributed by atoms with Crippen molar-refractivity contribution in [3.8, 4) is 5.75 Å². The summed E-state index contributed by atoms with van der Waals surface area (Å²) >= 11 is 1.39. The van der Waals surface area contributed by atoms with Crippen LogP contribution in [-0.4, -0.2) is 15.3 Å². The molecule has 7 heteroatoms. The lowest BCUT2D eigenvalue weighted by atomic mass is 9.87. The van der Waals surface area contributed by atoms with Gasteiger partial charge in [0.25, 0.3) is 11.5 Å². The third-order valence-corrected chi connectivity index (χ3v) is 5.88. The van der Waals surface area contributed by atoms with E-state index in [1.807, 2.05) is 54.8 Å². The molecule has 0 saturated carbocycles. The number of amides is 1. The molecule has 2 heterocycles. The van der Waals surface area contributed by atoms with E-state index in [4.69, 9.17) is 4.74 Å². The van der Waals surface area contributed by atoms with Crippen LogP contribution >= 0.6 is 11.3 Å². The van der Waals surface area contributed by atoms with Gasteiger partial charge in [-0.3, -0.25) is 14.0 Å². The Morgan fingerprint density at radius 3 is 2.59 bits per heavy atom. The van der Waals surface area contributed by atoms with E-state index < -0.39 is 0 Å². The third-order valence-electron chi connectivity index (χ3n) is 5.13. The molecule has 0 aliphatic rings. The van der Waals surface area contributed by atoms with Gasteiger partial charge in [0, 0.05) is 23.2 Å². The summed E-state index contributed by atoms with van der Waals surface area (Å²) in [6.45, 7) is 8.48. The molecule has 0 bridgehead atoms. The molecule has 2 aromatic carbocycles. The summed E-state index contributed by atoms with van der Waals surface area (Å²) in [5, 5.41) is 4.77. The SMILES string of the molecule is Cc1ccc(OCc2cc(=O)n3ccsc3n2)c(NC(=O)c2ccc(C(C)(C)C)cc2)c1. The first kappa shape index (κ1) is 21.8. The fourth-order valence-corrected chi connectivity index (χ4v) is 4.04. The predicted octanol–water partition coefficient (Wildman–Crippen LogP) is 5.19. The van der Waals surface area contributed by atoms with Gasteiger partial charge in [0.15, 0.2) is 4.96 Å². The number of hydrogen-bond donors (Lipinski definition) is 1. The molecule has 0 fully saturated rings. The van der Waals surface area contributed by atoms with Gasteiger partial charge < -0.3 is 10.1 Å². The van der Waals surface area contributed by atoms with E-state index in [2.05, 4.69) is 31.1 Å². The van der Waals surface area contributed by atoms with Crippen molar-refractivity contribution in [2.75, 3.05) is 5.32 Å². The largest absolute Gasteiger partial charge is 0.485 e. The molecule has 1 amide bonds. The molecule has 0 aliphatic carbocycles. The maximum Gasteiger partial charge on any atom is 0.258 e. The zero-order valence-corrected chi connectivity index (χ0v) is 19.3. The van der Waals surface area contributed by atoms with Crippen LogP contribution in [0.1, 0.15) is 48.0 Å². The van der Waals surface area contributed by atoms with E-state index >= 15 is 0 Å². The van der Waals surface area contributed by atoms with Crippen molar-refractivity contribution in [2.45, 2.75) is 39.7 Å². The number of hydrogen-bond acceptors (Lipinski definition) is 5. The Labute approximate surface area is 190 Å². The Bertz CT molecular complexity index is 1330. The zero-order chi connectivity index (χ0) is 22.9. The topological polar surface area (TPSA) is 72.7 Å². The Hall–Kier alpha value is -3.45. The smallest absolute Gasteiger partial charge is 0.258 e. The number of nitrogens with one attached hydrogen (secondary N) is 1. The van der Waals surface area contributed by atoms with E-state index in [9.17, 15) is 9.59 Å². The van der Waals surface area contributed by atoms with Gasteiger partial charge in [-0.05, 0) is 47.7 Å². The van der Waals surface area contributed by atoms with Gasteiger partial charge in [-0.2, -0.15) is 0 Å². The average molecular weight is 448 g/mol. The number of ether oxygens (including phenoxy) is 1. The number of aromatic nitrogens is 2. The van der Waals surface area contributed by atoms with Crippen molar-refractivity contribution in [3.05, 3.63) is 92.8 Å². The molecule has 164 valence electrons. The number of rotatable bonds is 5. The normalized spacial score (nSPS) is 11.5. The van der Waals surface area contributed by atoms with Crippen LogP contribution in [0.15, 0.2) is 64.9 Å². The van der Waals surface area contributed by atoms with Crippen LogP contribution in [0.2, 0.25) is 0 Å². The number of benzene rings is 2. The lowest BCUT2D eigenvalue weighted by Crippen LogP contribution is -2.16. The Morgan fingerprint density at radius 2 is 1.88 bits per heavy atom. The standard InChI is InChI=1S/C25H25N3O3S/c1-16-5-10-21(31-15-19-14-22(29)28-11-12-32-24(28)26-19)20(13-16)27-23(30)17-6-8-18(9-7-17)25(2,3)4/h5-14H,15H2,1-4H3,(H,27,30). The second-order valence-corrected chi connectivity index (χ2v) is 9.58. The summed E-state index contributed by atoms with van der Waals surface area (Å²) in [4.78, 5) is 30.1. The molecule has 0 spiro atoms. The van der Waals surface area contributed by atoms with E-state index in [1.54, 1.807) is 6.20 Å². The molecule has 4 rings (SSSR count). The second-order valence-electron chi connectivity index (χ2n) is 8.71. The van der Waals surface area contributed by atoms with E-state index in [1.165, 1.54) is 27.4 Å². The van der Waals surface area contributed by atoms with E-state index in [-0.39, 0.29) is 23.5 Å². The number of nitrogens with zero attached hydrogens (tertiary/aromatic N) is 2. The minimum Gasteiger partial charge on any atom is -0.485 e. The highest BCUT2D eigenvalue weighted by Gasteiger charge is 2.15. The van der Waals surface area contributed by atoms with Crippen molar-refractivity contribution in [1.82, 2.24) is 9.38 Å². The van der Waals surface area contributed by atoms with Crippen LogP contribution in [0.4, 0.5) is 5.69 Å². The van der Waals surface area contributed by atoms with Crippen LogP contribution in [0, 0.1) is 6.92 Å². The van der Waals surface area contributed by atoms with Crippen LogP contribution in [0.25, 0.3) is 4.96 Å². The number of carbonyl (C=O) groups excluding carboxylic acids is 1. The van der Waals surface area contributed by atoms with Crippen LogP contribution in [0.5, 0.6) is 5.75 Å². The predicted molar refractivity (Wildman–Crippen MR) is 128 cm³/mol. The summed E-state index contributed by atoms with van der Waals surface area (Å²) in [7, 11) is 0. The van der Waals surface area contributed by atoms with Gasteiger partial charge in [0.2, 0.25) is 0 Å². The highest BCUT2D eigenvalue weighted by atomic mass is 32.1. The first-order chi connectivity index (χ1) is 15.2. The lowest BCUT2D eigenvalue weighted by molar-refractivity contribution is 0.102. The monoisotopic (exact) mass is 447 g/mol. The molecule has 0 unspecified atom stereocenters. The highest BCUT2D eigenvalue weighted by molar-refractivity contribution is 7.15. The maximum atomic E-state index is 12.9. The number of thiazole rings is 1. The van der Waals surface area contributed by atoms with Crippen LogP contribution in [-0.2, 0) is 12.0 Å². The Kier molecular flexibility index (Phi) is 5.84. The van der Waals surface area contributed by atoms with Gasteiger partial charge in [-0.15, -0.1) is 11.3 Å². The summed E-state index contributed by atoms with van der Waals surface area (Å²) in [5.41, 5.74) is 3.72. The number of carbonyl (C=O) groups is 1. The molecule has 0 atom stereocenters. The van der Waals surface area contributed by atoms with Crippen molar-refractivity contribution in [3.63, 3.8) is 0 Å². The Morgan fingerprint density at radius 1 is 1.12 bits per heavy atom. The minimum absolute atomic E-state index is 0.0230. The average Bonchev–Trinajstić information content (AvgIpc) is 3.22. The molecule has 0 radical (unpaired) electrons. The van der Waals surface area contributed by atoms with Gasteiger partial charge in [-0.25, -0.2) is 4.98 Å². The van der Waals surface area contributed by atoms with Crippen LogP contribution < -0.4 is 15.6 Å². The Balaban J connectivity index is 1.52. The van der Waals surface area contributed by atoms with Crippen LogP contribution in [0.3, 0.4) is 0 Å². The van der Waals surface area contributed by atoms with Gasteiger partial charge in [0.1, 0.15) is 12.4 Å². The molecular formula is C25H25N3O3S. The van der Waals surface area contributed by atoms with Gasteiger partial charge in [-0.1, -0.05) is 39.0 Å². The summed E-state index contributed by atoms with van der Waals surface area (Å²) in [6, 6.07) is 14.7. The second kappa shape index (κ2) is 8.59. The molecular weight excluding hydrogens is 422 g/mol. The molecule has 0 aliphatic heterocycles. The molecule has 2 aromatic heterocycles. The van der Waals surface area contributed by atoms with E-state index in [0.29, 0.717) is 27.7 Å². The maximum absolute atomic E-state index is 12.9. The quantitative estimate of drug-likeness (QED) is 0.457. The van der Waals surface area contributed by atoms with Crippen molar-refractivity contribution in [1.29, 1.82) is 0 Å². The fourth-order valence-electron chi connectivity index (χ4n) is 3.30. The van der Waals surface area contributed by atoms with E-state index in [0.717, 1.165) is 5.56 Å². The minimum atomic E-state index is -0.211. The van der Waals surface area contributed by atoms with Crippen molar-refractivity contribution >= 4 is 27.9 Å². The summed E-state index contributed by atoms with van der Waals surface area (Å²) in [5.74, 6) is 0.306. The molecule has 0 saturated heterocycles. The summed E-state index contributed by atoms with van der Waals surface area (Å²) < 4.78 is 7.44. The third kappa shape index (κ3) is 4.73. The molecule has 32 heavy (non-hydrogen) atoms. The first-order valence-electron chi connectivity index (χ1n) is 10.3. The summed E-state index contributed by atoms with van der Waals surface area (Å²) in [6.07, 6.45) is 1.70. The molecule has 6 nitrogen and oxygen atoms in total. The number of fused-ring (bicyclic) bond motifs is 1. The van der Waals surface area contributed by atoms with Gasteiger partial charge in [0.05, 0.1) is 11.4 Å². The fraction of sp³-hybridized carbons (Fsp3) is 0.240. The number of anilines is 1.